The molecule has 5 rings (SSSR count). The minimum absolute atomic E-state index is 0.122. The standard InChI is InChI=1S/C25H24ClN3OS/c1-27-12-14-28(15-13-27)25(30)19-8-6-18(7-9-19)17-29-21-4-2-3-5-23(21)31-24-11-10-20(26)16-22(24)29/h2-11,16H,12-15,17H2,1H3. The number of nitrogens with zero attached hydrogens (tertiary/aromatic N) is 3. The van der Waals surface area contributed by atoms with Crippen LogP contribution in [-0.4, -0.2) is 48.9 Å². The maximum absolute atomic E-state index is 12.9. The van der Waals surface area contributed by atoms with Crippen molar-refractivity contribution in [1.82, 2.24) is 9.80 Å². The fraction of sp³-hybridized carbons (Fsp3) is 0.240. The van der Waals surface area contributed by atoms with Crippen LogP contribution in [0.4, 0.5) is 11.4 Å². The summed E-state index contributed by atoms with van der Waals surface area (Å²) < 4.78 is 0. The van der Waals surface area contributed by atoms with E-state index in [9.17, 15) is 4.79 Å². The van der Waals surface area contributed by atoms with Gasteiger partial charge in [-0.25, -0.2) is 0 Å². The number of piperazine rings is 1. The zero-order valence-electron chi connectivity index (χ0n) is 17.4. The monoisotopic (exact) mass is 449 g/mol. The Balaban J connectivity index is 1.39. The van der Waals surface area contributed by atoms with Gasteiger partial charge in [-0.05, 0) is 55.1 Å². The lowest BCUT2D eigenvalue weighted by atomic mass is 10.1. The first kappa shape index (κ1) is 20.4. The van der Waals surface area contributed by atoms with Gasteiger partial charge < -0.3 is 14.7 Å². The molecule has 4 nitrogen and oxygen atoms in total. The van der Waals surface area contributed by atoms with Crippen LogP contribution >= 0.6 is 23.4 Å². The first-order valence-corrected chi connectivity index (χ1v) is 11.7. The maximum Gasteiger partial charge on any atom is 0.253 e. The average Bonchev–Trinajstić information content (AvgIpc) is 2.80. The first-order valence-electron chi connectivity index (χ1n) is 10.5. The Morgan fingerprint density at radius 2 is 1.61 bits per heavy atom. The molecule has 3 aromatic carbocycles. The molecule has 0 spiro atoms. The van der Waals surface area contributed by atoms with Gasteiger partial charge in [-0.1, -0.05) is 47.6 Å². The van der Waals surface area contributed by atoms with Gasteiger partial charge >= 0.3 is 0 Å². The van der Waals surface area contributed by atoms with E-state index < -0.39 is 0 Å². The van der Waals surface area contributed by atoms with Crippen LogP contribution in [0.25, 0.3) is 0 Å². The molecule has 2 aliphatic rings. The average molecular weight is 450 g/mol. The molecule has 2 aliphatic heterocycles. The SMILES string of the molecule is CN1CCN(C(=O)c2ccc(CN3c4ccccc4Sc4ccc(Cl)cc43)cc2)CC1. The smallest absolute Gasteiger partial charge is 0.253 e. The Morgan fingerprint density at radius 1 is 0.903 bits per heavy atom. The van der Waals surface area contributed by atoms with Crippen LogP contribution in [0.3, 0.4) is 0 Å². The predicted octanol–water partition coefficient (Wildman–Crippen LogP) is 5.53. The van der Waals surface area contributed by atoms with Crippen LogP contribution in [0.5, 0.6) is 0 Å². The molecule has 1 amide bonds. The molecule has 0 aliphatic carbocycles. The number of benzene rings is 3. The molecule has 3 aromatic rings. The van der Waals surface area contributed by atoms with Crippen LogP contribution in [0.2, 0.25) is 5.02 Å². The molecule has 0 atom stereocenters. The minimum atomic E-state index is 0.122. The van der Waals surface area contributed by atoms with Gasteiger partial charge in [-0.2, -0.15) is 0 Å². The number of hydrogen-bond donors (Lipinski definition) is 0. The molecular formula is C25H24ClN3OS. The predicted molar refractivity (Wildman–Crippen MR) is 128 cm³/mol. The molecule has 158 valence electrons. The fourth-order valence-corrected chi connectivity index (χ4v) is 5.34. The van der Waals surface area contributed by atoms with Gasteiger partial charge in [-0.3, -0.25) is 4.79 Å². The molecule has 0 bridgehead atoms. The molecule has 0 unspecified atom stereocenters. The highest BCUT2D eigenvalue weighted by atomic mass is 35.5. The van der Waals surface area contributed by atoms with E-state index in [-0.39, 0.29) is 5.91 Å². The zero-order valence-corrected chi connectivity index (χ0v) is 19.0. The number of likely N-dealkylation sites (N-methyl/N-ethyl adjacent to an activating group) is 1. The van der Waals surface area contributed by atoms with Crippen LogP contribution in [0, 0.1) is 0 Å². The molecule has 0 N–H and O–H groups in total. The van der Waals surface area contributed by atoms with Gasteiger partial charge in [0.1, 0.15) is 0 Å². The molecule has 31 heavy (non-hydrogen) atoms. The van der Waals surface area contributed by atoms with Crippen LogP contribution in [-0.2, 0) is 6.54 Å². The summed E-state index contributed by atoms with van der Waals surface area (Å²) >= 11 is 8.10. The molecule has 1 fully saturated rings. The van der Waals surface area contributed by atoms with Crippen LogP contribution in [0.1, 0.15) is 15.9 Å². The quantitative estimate of drug-likeness (QED) is 0.525. The van der Waals surface area contributed by atoms with E-state index in [1.165, 1.54) is 15.5 Å². The number of hydrogen-bond acceptors (Lipinski definition) is 4. The number of amides is 1. The van der Waals surface area contributed by atoms with Gasteiger partial charge in [-0.15, -0.1) is 0 Å². The zero-order chi connectivity index (χ0) is 21.4. The molecule has 0 saturated carbocycles. The topological polar surface area (TPSA) is 26.8 Å². The normalized spacial score (nSPS) is 16.1. The third-order valence-corrected chi connectivity index (χ3v) is 7.29. The summed E-state index contributed by atoms with van der Waals surface area (Å²) in [7, 11) is 2.10. The number of carbonyl (C=O) groups excluding carboxylic acids is 1. The summed E-state index contributed by atoms with van der Waals surface area (Å²) in [5.41, 5.74) is 4.21. The lowest BCUT2D eigenvalue weighted by Gasteiger charge is -2.33. The first-order chi connectivity index (χ1) is 15.1. The van der Waals surface area contributed by atoms with Crippen molar-refractivity contribution in [3.8, 4) is 0 Å². The van der Waals surface area contributed by atoms with Gasteiger partial charge in [0.15, 0.2) is 0 Å². The van der Waals surface area contributed by atoms with Crippen molar-refractivity contribution in [2.75, 3.05) is 38.1 Å². The van der Waals surface area contributed by atoms with E-state index in [4.69, 9.17) is 11.6 Å². The third kappa shape index (κ3) is 4.18. The van der Waals surface area contributed by atoms with Crippen molar-refractivity contribution in [2.45, 2.75) is 16.3 Å². The van der Waals surface area contributed by atoms with Gasteiger partial charge in [0.2, 0.25) is 0 Å². The van der Waals surface area contributed by atoms with Crippen molar-refractivity contribution in [1.29, 1.82) is 0 Å². The second kappa shape index (κ2) is 8.58. The van der Waals surface area contributed by atoms with Crippen molar-refractivity contribution >= 4 is 40.6 Å². The lowest BCUT2D eigenvalue weighted by molar-refractivity contribution is 0.0664. The Kier molecular flexibility index (Phi) is 5.65. The third-order valence-electron chi connectivity index (χ3n) is 5.92. The summed E-state index contributed by atoms with van der Waals surface area (Å²) in [5.74, 6) is 0.122. The summed E-state index contributed by atoms with van der Waals surface area (Å²) in [6.07, 6.45) is 0. The summed E-state index contributed by atoms with van der Waals surface area (Å²) in [4.78, 5) is 21.8. The van der Waals surface area contributed by atoms with Gasteiger partial charge in [0.05, 0.1) is 11.4 Å². The van der Waals surface area contributed by atoms with E-state index >= 15 is 0 Å². The van der Waals surface area contributed by atoms with E-state index in [1.807, 2.05) is 29.2 Å². The van der Waals surface area contributed by atoms with Crippen molar-refractivity contribution in [3.63, 3.8) is 0 Å². The van der Waals surface area contributed by atoms with E-state index in [0.29, 0.717) is 6.54 Å². The number of fused-ring (bicyclic) bond motifs is 2. The second-order valence-corrected chi connectivity index (χ2v) is 9.58. The molecule has 0 radical (unpaired) electrons. The maximum atomic E-state index is 12.9. The highest BCUT2D eigenvalue weighted by Crippen LogP contribution is 2.49. The molecule has 6 heteroatoms. The van der Waals surface area contributed by atoms with E-state index in [0.717, 1.165) is 48.0 Å². The molecule has 1 saturated heterocycles. The molecule has 0 aromatic heterocycles. The summed E-state index contributed by atoms with van der Waals surface area (Å²) in [6.45, 7) is 4.15. The Labute approximate surface area is 192 Å². The molecule has 2 heterocycles. The molecular weight excluding hydrogens is 426 g/mol. The van der Waals surface area contributed by atoms with Crippen molar-refractivity contribution < 1.29 is 4.79 Å². The Morgan fingerprint density at radius 3 is 2.39 bits per heavy atom. The highest BCUT2D eigenvalue weighted by Gasteiger charge is 2.24. The Hall–Kier alpha value is -2.47. The van der Waals surface area contributed by atoms with Crippen molar-refractivity contribution in [3.05, 3.63) is 82.9 Å². The minimum Gasteiger partial charge on any atom is -0.336 e. The van der Waals surface area contributed by atoms with E-state index in [2.05, 4.69) is 59.3 Å². The fourth-order valence-electron chi connectivity index (χ4n) is 4.10. The number of rotatable bonds is 3. The second-order valence-electron chi connectivity index (χ2n) is 8.06. The number of para-hydroxylation sites is 1. The van der Waals surface area contributed by atoms with Gasteiger partial charge in [0, 0.05) is 53.1 Å². The van der Waals surface area contributed by atoms with E-state index in [1.54, 1.807) is 11.8 Å². The Bertz CT molecular complexity index is 1110. The highest BCUT2D eigenvalue weighted by molar-refractivity contribution is 7.99. The summed E-state index contributed by atoms with van der Waals surface area (Å²) in [6, 6.07) is 22.6. The lowest BCUT2D eigenvalue weighted by Crippen LogP contribution is -2.47. The summed E-state index contributed by atoms with van der Waals surface area (Å²) in [5, 5.41) is 0.733. The van der Waals surface area contributed by atoms with Crippen LogP contribution < -0.4 is 4.90 Å². The number of anilines is 2. The van der Waals surface area contributed by atoms with Gasteiger partial charge in [0.25, 0.3) is 5.91 Å². The largest absolute Gasteiger partial charge is 0.336 e. The van der Waals surface area contributed by atoms with Crippen LogP contribution in [0.15, 0.2) is 76.5 Å². The number of carbonyl (C=O) groups is 1. The number of halogens is 1. The van der Waals surface area contributed by atoms with Crippen molar-refractivity contribution in [2.24, 2.45) is 0 Å².